The highest BCUT2D eigenvalue weighted by Gasteiger charge is 2.27. The molecule has 1 amide bonds. The van der Waals surface area contributed by atoms with E-state index in [2.05, 4.69) is 20.5 Å². The highest BCUT2D eigenvalue weighted by atomic mass is 32.1. The summed E-state index contributed by atoms with van der Waals surface area (Å²) in [5, 5.41) is 12.2. The summed E-state index contributed by atoms with van der Waals surface area (Å²) in [7, 11) is 0. The second-order valence-electron chi connectivity index (χ2n) is 5.91. The lowest BCUT2D eigenvalue weighted by Gasteiger charge is -2.08. The number of H-pyrrole nitrogens is 1. The fourth-order valence-corrected chi connectivity index (χ4v) is 3.59. The van der Waals surface area contributed by atoms with Crippen LogP contribution in [0.1, 0.15) is 41.0 Å². The summed E-state index contributed by atoms with van der Waals surface area (Å²) in [5.74, 6) is 0.148. The van der Waals surface area contributed by atoms with Crippen LogP contribution in [0.2, 0.25) is 0 Å². The molecule has 25 heavy (non-hydrogen) atoms. The van der Waals surface area contributed by atoms with Crippen molar-refractivity contribution in [2.24, 2.45) is 0 Å². The average molecular weight is 357 g/mol. The van der Waals surface area contributed by atoms with Crippen LogP contribution in [0.4, 0.5) is 5.13 Å². The monoisotopic (exact) mass is 357 g/mol. The summed E-state index contributed by atoms with van der Waals surface area (Å²) in [4.78, 5) is 38.6. The molecule has 1 fully saturated rings. The number of nitrogens with zero attached hydrogens (tertiary/aromatic N) is 3. The Hall–Kier alpha value is -2.81. The number of carbonyl (C=O) groups is 1. The third kappa shape index (κ3) is 2.86. The Morgan fingerprint density at radius 2 is 2.16 bits per heavy atom. The molecule has 1 aliphatic carbocycles. The van der Waals surface area contributed by atoms with Crippen molar-refractivity contribution in [1.82, 2.24) is 19.7 Å². The summed E-state index contributed by atoms with van der Waals surface area (Å²) in [6.07, 6.45) is 2.25. The van der Waals surface area contributed by atoms with Gasteiger partial charge in [0, 0.05) is 18.0 Å². The van der Waals surface area contributed by atoms with Crippen LogP contribution in [-0.4, -0.2) is 25.7 Å². The van der Waals surface area contributed by atoms with Gasteiger partial charge in [-0.15, -0.1) is 10.2 Å². The molecule has 9 heteroatoms. The molecular formula is C16H15N5O3S. The highest BCUT2D eigenvalue weighted by molar-refractivity contribution is 7.15. The van der Waals surface area contributed by atoms with Crippen LogP contribution in [0.5, 0.6) is 0 Å². The molecule has 0 bridgehead atoms. The van der Waals surface area contributed by atoms with Crippen LogP contribution < -0.4 is 16.4 Å². The molecule has 0 unspecified atom stereocenters. The fraction of sp³-hybridized carbons (Fsp3) is 0.312. The van der Waals surface area contributed by atoms with Gasteiger partial charge in [-0.3, -0.25) is 19.7 Å². The summed E-state index contributed by atoms with van der Waals surface area (Å²) < 4.78 is 1.38. The standard InChI is InChI=1S/C16H15N5O3S/c1-2-21-11-6-5-9(7-10(11)17-13(23)15(21)24)12(22)18-16-20-19-14(25-16)8-3-4-8/h5-8H,2-4H2,1H3,(H,17,23)(H,18,20,22). The van der Waals surface area contributed by atoms with Gasteiger partial charge < -0.3 is 9.55 Å². The smallest absolute Gasteiger partial charge is 0.316 e. The van der Waals surface area contributed by atoms with Crippen molar-refractivity contribution in [3.63, 3.8) is 0 Å². The first kappa shape index (κ1) is 15.7. The van der Waals surface area contributed by atoms with E-state index >= 15 is 0 Å². The van der Waals surface area contributed by atoms with Gasteiger partial charge in [0.25, 0.3) is 5.91 Å². The Morgan fingerprint density at radius 3 is 2.88 bits per heavy atom. The van der Waals surface area contributed by atoms with E-state index < -0.39 is 11.1 Å². The maximum atomic E-state index is 12.4. The maximum absolute atomic E-state index is 12.4. The second-order valence-corrected chi connectivity index (χ2v) is 6.92. The number of aromatic nitrogens is 4. The molecule has 3 aromatic rings. The number of aryl methyl sites for hydroxylation is 1. The van der Waals surface area contributed by atoms with Gasteiger partial charge in [0.15, 0.2) is 0 Å². The van der Waals surface area contributed by atoms with Crippen molar-refractivity contribution >= 4 is 33.4 Å². The van der Waals surface area contributed by atoms with E-state index in [1.54, 1.807) is 25.1 Å². The zero-order valence-electron chi connectivity index (χ0n) is 13.4. The van der Waals surface area contributed by atoms with Crippen LogP contribution in [0, 0.1) is 0 Å². The van der Waals surface area contributed by atoms with Gasteiger partial charge in [-0.25, -0.2) is 0 Å². The summed E-state index contributed by atoms with van der Waals surface area (Å²) >= 11 is 1.38. The number of benzene rings is 1. The molecule has 2 aromatic heterocycles. The first-order valence-electron chi connectivity index (χ1n) is 7.98. The summed E-state index contributed by atoms with van der Waals surface area (Å²) in [6, 6.07) is 4.83. The van der Waals surface area contributed by atoms with Crippen molar-refractivity contribution in [2.75, 3.05) is 5.32 Å². The van der Waals surface area contributed by atoms with Gasteiger partial charge >= 0.3 is 11.1 Å². The van der Waals surface area contributed by atoms with Crippen LogP contribution in [0.15, 0.2) is 27.8 Å². The first-order chi connectivity index (χ1) is 12.1. The Bertz CT molecular complexity index is 1090. The minimum Gasteiger partial charge on any atom is -0.316 e. The van der Waals surface area contributed by atoms with Crippen LogP contribution >= 0.6 is 11.3 Å². The van der Waals surface area contributed by atoms with Gasteiger partial charge in [-0.1, -0.05) is 11.3 Å². The Labute approximate surface area is 145 Å². The van der Waals surface area contributed by atoms with Gasteiger partial charge in [0.1, 0.15) is 5.01 Å². The van der Waals surface area contributed by atoms with Crippen molar-refractivity contribution < 1.29 is 4.79 Å². The molecule has 1 saturated carbocycles. The van der Waals surface area contributed by atoms with Crippen molar-refractivity contribution in [2.45, 2.75) is 32.2 Å². The molecule has 1 aromatic carbocycles. The lowest BCUT2D eigenvalue weighted by molar-refractivity contribution is 0.102. The van der Waals surface area contributed by atoms with Crippen molar-refractivity contribution in [3.8, 4) is 0 Å². The number of aromatic amines is 1. The normalized spacial score (nSPS) is 14.0. The third-order valence-corrected chi connectivity index (χ3v) is 5.14. The zero-order chi connectivity index (χ0) is 17.6. The molecule has 1 aliphatic rings. The van der Waals surface area contributed by atoms with E-state index in [-0.39, 0.29) is 5.91 Å². The van der Waals surface area contributed by atoms with Crippen LogP contribution in [-0.2, 0) is 6.54 Å². The minimum absolute atomic E-state index is 0.338. The van der Waals surface area contributed by atoms with E-state index in [4.69, 9.17) is 0 Å². The molecule has 0 atom stereocenters. The zero-order valence-corrected chi connectivity index (χ0v) is 14.2. The van der Waals surface area contributed by atoms with E-state index in [1.807, 2.05) is 0 Å². The lowest BCUT2D eigenvalue weighted by atomic mass is 10.2. The van der Waals surface area contributed by atoms with E-state index in [0.29, 0.717) is 34.2 Å². The van der Waals surface area contributed by atoms with Crippen molar-refractivity contribution in [1.29, 1.82) is 0 Å². The number of hydrogen-bond acceptors (Lipinski definition) is 6. The predicted octanol–water partition coefficient (Wildman–Crippen LogP) is 1.69. The minimum atomic E-state index is -0.704. The second kappa shape index (κ2) is 5.92. The number of anilines is 1. The quantitative estimate of drug-likeness (QED) is 0.691. The van der Waals surface area contributed by atoms with Crippen LogP contribution in [0.25, 0.3) is 11.0 Å². The first-order valence-corrected chi connectivity index (χ1v) is 8.80. The Kier molecular flexibility index (Phi) is 3.72. The van der Waals surface area contributed by atoms with Gasteiger partial charge in [-0.05, 0) is 38.0 Å². The predicted molar refractivity (Wildman–Crippen MR) is 94.3 cm³/mol. The largest absolute Gasteiger partial charge is 0.316 e. The molecule has 0 aliphatic heterocycles. The number of hydrogen-bond donors (Lipinski definition) is 2. The highest BCUT2D eigenvalue weighted by Crippen LogP contribution is 2.42. The third-order valence-electron chi connectivity index (χ3n) is 4.14. The lowest BCUT2D eigenvalue weighted by Crippen LogP contribution is -2.36. The summed E-state index contributed by atoms with van der Waals surface area (Å²) in [6.45, 7) is 2.16. The van der Waals surface area contributed by atoms with E-state index in [0.717, 1.165) is 17.8 Å². The molecule has 128 valence electrons. The number of rotatable bonds is 4. The molecule has 0 saturated heterocycles. The van der Waals surface area contributed by atoms with Gasteiger partial charge in [0.05, 0.1) is 11.0 Å². The topological polar surface area (TPSA) is 110 Å². The van der Waals surface area contributed by atoms with E-state index in [1.165, 1.54) is 15.9 Å². The van der Waals surface area contributed by atoms with Gasteiger partial charge in [0.2, 0.25) is 5.13 Å². The Morgan fingerprint density at radius 1 is 1.36 bits per heavy atom. The van der Waals surface area contributed by atoms with E-state index in [9.17, 15) is 14.4 Å². The van der Waals surface area contributed by atoms with Crippen LogP contribution in [0.3, 0.4) is 0 Å². The molecular weight excluding hydrogens is 342 g/mol. The van der Waals surface area contributed by atoms with Gasteiger partial charge in [-0.2, -0.15) is 0 Å². The fourth-order valence-electron chi connectivity index (χ4n) is 2.68. The molecule has 4 rings (SSSR count). The molecule has 0 radical (unpaired) electrons. The molecule has 0 spiro atoms. The van der Waals surface area contributed by atoms with Crippen molar-refractivity contribution in [3.05, 3.63) is 49.5 Å². The number of amides is 1. The SMILES string of the molecule is CCn1c(=O)c(=O)[nH]c2cc(C(=O)Nc3nnc(C4CC4)s3)ccc21. The molecule has 2 heterocycles. The number of nitrogens with one attached hydrogen (secondary N) is 2. The summed E-state index contributed by atoms with van der Waals surface area (Å²) in [5.41, 5.74) is 0.0806. The number of carbonyl (C=O) groups excluding carboxylic acids is 1. The average Bonchev–Trinajstić information content (AvgIpc) is 3.35. The number of fused-ring (bicyclic) bond motifs is 1. The molecule has 8 nitrogen and oxygen atoms in total. The Balaban J connectivity index is 1.66. The molecule has 2 N–H and O–H groups in total. The maximum Gasteiger partial charge on any atom is 0.316 e.